The number of nitrogens with zero attached hydrogens (tertiary/aromatic N) is 1. The maximum atomic E-state index is 14.2. The number of benzene rings is 1. The summed E-state index contributed by atoms with van der Waals surface area (Å²) in [5, 5.41) is 2.70. The highest BCUT2D eigenvalue weighted by Crippen LogP contribution is 2.24. The molecule has 1 saturated heterocycles. The van der Waals surface area contributed by atoms with Crippen molar-refractivity contribution in [2.24, 2.45) is 0 Å². The van der Waals surface area contributed by atoms with Crippen molar-refractivity contribution in [1.82, 2.24) is 10.2 Å². The molecule has 0 saturated carbocycles. The lowest BCUT2D eigenvalue weighted by Crippen LogP contribution is -2.64. The van der Waals surface area contributed by atoms with Gasteiger partial charge in [-0.2, -0.15) is 0 Å². The monoisotopic (exact) mass is 294 g/mol. The number of carbonyl (C=O) groups excluding carboxylic acids is 2. The molecule has 0 bridgehead atoms. The molecule has 114 valence electrons. The molecule has 0 spiro atoms. The van der Waals surface area contributed by atoms with Gasteiger partial charge in [-0.05, 0) is 19.4 Å². The smallest absolute Gasteiger partial charge is 0.248 e. The molecule has 1 aliphatic rings. The molecule has 21 heavy (non-hydrogen) atoms. The van der Waals surface area contributed by atoms with E-state index in [-0.39, 0.29) is 30.7 Å². The van der Waals surface area contributed by atoms with E-state index in [1.54, 1.807) is 19.1 Å². The van der Waals surface area contributed by atoms with Crippen LogP contribution in [-0.2, 0) is 16.1 Å². The number of rotatable bonds is 4. The van der Waals surface area contributed by atoms with Gasteiger partial charge in [0, 0.05) is 12.1 Å². The number of hydrogen-bond donors (Lipinski definition) is 1. The summed E-state index contributed by atoms with van der Waals surface area (Å²) in [4.78, 5) is 25.6. The molecule has 0 aliphatic carbocycles. The van der Waals surface area contributed by atoms with Gasteiger partial charge in [-0.25, -0.2) is 4.39 Å². The van der Waals surface area contributed by atoms with Gasteiger partial charge in [0.25, 0.3) is 0 Å². The maximum absolute atomic E-state index is 14.2. The average Bonchev–Trinajstić information content (AvgIpc) is 2.46. The van der Waals surface area contributed by atoms with Crippen LogP contribution in [-0.4, -0.2) is 35.9 Å². The second kappa shape index (κ2) is 5.71. The summed E-state index contributed by atoms with van der Waals surface area (Å²) in [6, 6.07) is 4.76. The van der Waals surface area contributed by atoms with Crippen LogP contribution in [0.1, 0.15) is 25.8 Å². The highest BCUT2D eigenvalue weighted by atomic mass is 19.1. The van der Waals surface area contributed by atoms with E-state index in [2.05, 4.69) is 5.32 Å². The number of amides is 2. The van der Waals surface area contributed by atoms with Gasteiger partial charge in [-0.15, -0.1) is 0 Å². The Morgan fingerprint density at radius 2 is 2.14 bits per heavy atom. The topological polar surface area (TPSA) is 58.6 Å². The van der Waals surface area contributed by atoms with Crippen LogP contribution >= 0.6 is 0 Å². The molecule has 1 unspecified atom stereocenters. The first-order valence-corrected chi connectivity index (χ1v) is 6.83. The third-order valence-electron chi connectivity index (χ3n) is 3.84. The Kier molecular flexibility index (Phi) is 4.16. The molecule has 1 aromatic carbocycles. The first kappa shape index (κ1) is 15.3. The van der Waals surface area contributed by atoms with Gasteiger partial charge in [0.15, 0.2) is 11.6 Å². The number of methoxy groups -OCH3 is 1. The van der Waals surface area contributed by atoms with E-state index in [0.717, 1.165) is 0 Å². The van der Waals surface area contributed by atoms with Gasteiger partial charge in [0.05, 0.1) is 13.7 Å². The molecule has 5 nitrogen and oxygen atoms in total. The largest absolute Gasteiger partial charge is 0.494 e. The second-order valence-electron chi connectivity index (χ2n) is 5.33. The minimum atomic E-state index is -0.926. The summed E-state index contributed by atoms with van der Waals surface area (Å²) < 4.78 is 19.1. The molecule has 1 atom stereocenters. The first-order valence-electron chi connectivity index (χ1n) is 6.83. The van der Waals surface area contributed by atoms with E-state index in [0.29, 0.717) is 12.0 Å². The molecule has 1 aliphatic heterocycles. The molecule has 0 radical (unpaired) electrons. The number of piperazine rings is 1. The molecular formula is C15H19FN2O3. The Hall–Kier alpha value is -2.11. The van der Waals surface area contributed by atoms with E-state index in [1.165, 1.54) is 18.1 Å². The molecule has 6 heteroatoms. The summed E-state index contributed by atoms with van der Waals surface area (Å²) >= 11 is 0. The minimum absolute atomic E-state index is 0.0465. The SMILES string of the molecule is CCC1(C)NC(=O)CN(Cc2cccc(OC)c2F)C1=O. The second-order valence-corrected chi connectivity index (χ2v) is 5.33. The van der Waals surface area contributed by atoms with E-state index in [9.17, 15) is 14.0 Å². The third-order valence-corrected chi connectivity index (χ3v) is 3.84. The zero-order chi connectivity index (χ0) is 15.6. The Morgan fingerprint density at radius 3 is 2.76 bits per heavy atom. The van der Waals surface area contributed by atoms with Crippen LogP contribution < -0.4 is 10.1 Å². The molecule has 1 heterocycles. The Bertz CT molecular complexity index is 576. The predicted octanol–water partition coefficient (Wildman–Crippen LogP) is 1.46. The van der Waals surface area contributed by atoms with Crippen molar-refractivity contribution in [1.29, 1.82) is 0 Å². The summed E-state index contributed by atoms with van der Waals surface area (Å²) in [7, 11) is 1.38. The van der Waals surface area contributed by atoms with Crippen molar-refractivity contribution >= 4 is 11.8 Å². The summed E-state index contributed by atoms with van der Waals surface area (Å²) in [5.74, 6) is -0.814. The van der Waals surface area contributed by atoms with Crippen LogP contribution in [0.3, 0.4) is 0 Å². The average molecular weight is 294 g/mol. The van der Waals surface area contributed by atoms with E-state index >= 15 is 0 Å². The van der Waals surface area contributed by atoms with Crippen LogP contribution in [0.4, 0.5) is 4.39 Å². The van der Waals surface area contributed by atoms with Crippen molar-refractivity contribution in [3.63, 3.8) is 0 Å². The zero-order valence-corrected chi connectivity index (χ0v) is 12.4. The van der Waals surface area contributed by atoms with Crippen molar-refractivity contribution in [3.8, 4) is 5.75 Å². The third kappa shape index (κ3) is 2.84. The highest BCUT2D eigenvalue weighted by molar-refractivity contribution is 5.97. The van der Waals surface area contributed by atoms with E-state index in [1.807, 2.05) is 6.92 Å². The van der Waals surface area contributed by atoms with Crippen LogP contribution in [0.5, 0.6) is 5.75 Å². The number of carbonyl (C=O) groups is 2. The van der Waals surface area contributed by atoms with Crippen molar-refractivity contribution in [2.45, 2.75) is 32.4 Å². The van der Waals surface area contributed by atoms with Crippen LogP contribution in [0, 0.1) is 5.82 Å². The highest BCUT2D eigenvalue weighted by Gasteiger charge is 2.41. The lowest BCUT2D eigenvalue weighted by atomic mass is 9.94. The van der Waals surface area contributed by atoms with Gasteiger partial charge in [0.1, 0.15) is 5.54 Å². The van der Waals surface area contributed by atoms with Crippen LogP contribution in [0.2, 0.25) is 0 Å². The van der Waals surface area contributed by atoms with Crippen molar-refractivity contribution in [2.75, 3.05) is 13.7 Å². The first-order chi connectivity index (χ1) is 9.91. The fraction of sp³-hybridized carbons (Fsp3) is 0.467. The molecular weight excluding hydrogens is 275 g/mol. The van der Waals surface area contributed by atoms with Gasteiger partial charge in [-0.1, -0.05) is 19.1 Å². The maximum Gasteiger partial charge on any atom is 0.248 e. The number of halogens is 1. The van der Waals surface area contributed by atoms with E-state index < -0.39 is 11.4 Å². The fourth-order valence-electron chi connectivity index (χ4n) is 2.40. The molecule has 1 aromatic rings. The fourth-order valence-corrected chi connectivity index (χ4v) is 2.40. The quantitative estimate of drug-likeness (QED) is 0.914. The van der Waals surface area contributed by atoms with Gasteiger partial charge in [-0.3, -0.25) is 9.59 Å². The van der Waals surface area contributed by atoms with Gasteiger partial charge >= 0.3 is 0 Å². The van der Waals surface area contributed by atoms with Crippen molar-refractivity contribution < 1.29 is 18.7 Å². The predicted molar refractivity (Wildman–Crippen MR) is 75.2 cm³/mol. The molecule has 2 rings (SSSR count). The molecule has 1 N–H and O–H groups in total. The lowest BCUT2D eigenvalue weighted by Gasteiger charge is -2.39. The zero-order valence-electron chi connectivity index (χ0n) is 12.4. The summed E-state index contributed by atoms with van der Waals surface area (Å²) in [6.45, 7) is 3.49. The normalized spacial score (nSPS) is 22.2. The number of nitrogens with one attached hydrogen (secondary N) is 1. The standard InChI is InChI=1S/C15H19FN2O3/c1-4-15(2)14(20)18(9-12(19)17-15)8-10-6-5-7-11(21-3)13(10)16/h5-7H,4,8-9H2,1-3H3,(H,17,19). The van der Waals surface area contributed by atoms with Crippen LogP contribution in [0.25, 0.3) is 0 Å². The molecule has 0 aromatic heterocycles. The molecule has 1 fully saturated rings. The Morgan fingerprint density at radius 1 is 1.43 bits per heavy atom. The van der Waals surface area contributed by atoms with Crippen LogP contribution in [0.15, 0.2) is 18.2 Å². The number of ether oxygens (including phenoxy) is 1. The summed E-state index contributed by atoms with van der Waals surface area (Å²) in [6.07, 6.45) is 0.481. The molecule has 2 amide bonds. The minimum Gasteiger partial charge on any atom is -0.494 e. The van der Waals surface area contributed by atoms with Crippen molar-refractivity contribution in [3.05, 3.63) is 29.6 Å². The Labute approximate surface area is 123 Å². The summed E-state index contributed by atoms with van der Waals surface area (Å²) in [5.41, 5.74) is -0.596. The van der Waals surface area contributed by atoms with Gasteiger partial charge < -0.3 is 15.0 Å². The Balaban J connectivity index is 2.26. The van der Waals surface area contributed by atoms with Gasteiger partial charge in [0.2, 0.25) is 11.8 Å². The number of hydrogen-bond acceptors (Lipinski definition) is 3. The lowest BCUT2D eigenvalue weighted by molar-refractivity contribution is -0.150. The van der Waals surface area contributed by atoms with E-state index in [4.69, 9.17) is 4.74 Å².